The van der Waals surface area contributed by atoms with Crippen molar-refractivity contribution in [2.24, 2.45) is 5.92 Å². The van der Waals surface area contributed by atoms with E-state index in [1.54, 1.807) is 18.3 Å². The molecule has 0 bridgehead atoms. The van der Waals surface area contributed by atoms with Gasteiger partial charge in [-0.1, -0.05) is 37.2 Å². The van der Waals surface area contributed by atoms with Gasteiger partial charge in [0.05, 0.1) is 5.56 Å². The van der Waals surface area contributed by atoms with Crippen LogP contribution in [0, 0.1) is 5.92 Å². The van der Waals surface area contributed by atoms with E-state index in [-0.39, 0.29) is 11.9 Å². The molecule has 1 heterocycles. The highest BCUT2D eigenvalue weighted by molar-refractivity contribution is 7.99. The van der Waals surface area contributed by atoms with Gasteiger partial charge in [0.25, 0.3) is 5.91 Å². The Morgan fingerprint density at radius 2 is 1.92 bits per heavy atom. The predicted molar refractivity (Wildman–Crippen MR) is 104 cm³/mol. The van der Waals surface area contributed by atoms with Crippen LogP contribution in [0.15, 0.2) is 52.5 Å². The first-order valence-electron chi connectivity index (χ1n) is 8.21. The number of nitrogens with zero attached hydrogens (tertiary/aromatic N) is 2. The molecule has 6 heteroatoms. The molecular formula is C19H24ClN3OS. The molecule has 4 nitrogen and oxygen atoms in total. The normalized spacial score (nSPS) is 12.4. The van der Waals surface area contributed by atoms with Gasteiger partial charge in [0, 0.05) is 28.7 Å². The Hall–Kier alpha value is -1.56. The third-order valence-corrected chi connectivity index (χ3v) is 5.23. The second kappa shape index (κ2) is 9.22. The van der Waals surface area contributed by atoms with E-state index in [1.165, 1.54) is 11.8 Å². The number of carbonyl (C=O) groups excluding carboxylic acids is 1. The second-order valence-corrected chi connectivity index (χ2v) is 7.90. The molecule has 0 aliphatic rings. The zero-order valence-electron chi connectivity index (χ0n) is 15.0. The van der Waals surface area contributed by atoms with Crippen LogP contribution < -0.4 is 5.32 Å². The fourth-order valence-electron chi connectivity index (χ4n) is 2.57. The van der Waals surface area contributed by atoms with Gasteiger partial charge in [-0.15, -0.1) is 0 Å². The van der Waals surface area contributed by atoms with Crippen molar-refractivity contribution < 1.29 is 4.79 Å². The van der Waals surface area contributed by atoms with Gasteiger partial charge >= 0.3 is 0 Å². The van der Waals surface area contributed by atoms with E-state index in [4.69, 9.17) is 11.6 Å². The summed E-state index contributed by atoms with van der Waals surface area (Å²) in [6.07, 6.45) is 1.70. The number of halogens is 1. The van der Waals surface area contributed by atoms with Crippen LogP contribution >= 0.6 is 23.4 Å². The van der Waals surface area contributed by atoms with Crippen molar-refractivity contribution in [2.45, 2.75) is 29.8 Å². The Morgan fingerprint density at radius 3 is 2.52 bits per heavy atom. The lowest BCUT2D eigenvalue weighted by atomic mass is 10.0. The molecule has 2 rings (SSSR count). The Bertz CT molecular complexity index is 696. The summed E-state index contributed by atoms with van der Waals surface area (Å²) in [5.41, 5.74) is 0.587. The monoisotopic (exact) mass is 377 g/mol. The van der Waals surface area contributed by atoms with Crippen molar-refractivity contribution in [1.82, 2.24) is 15.2 Å². The first kappa shape index (κ1) is 19.8. The zero-order valence-corrected chi connectivity index (χ0v) is 16.6. The van der Waals surface area contributed by atoms with Crippen LogP contribution in [0.2, 0.25) is 5.02 Å². The van der Waals surface area contributed by atoms with Crippen LogP contribution in [-0.2, 0) is 0 Å². The van der Waals surface area contributed by atoms with E-state index in [2.05, 4.69) is 29.0 Å². The number of likely N-dealkylation sites (N-methyl/N-ethyl adjacent to an activating group) is 1. The second-order valence-electron chi connectivity index (χ2n) is 6.40. The first-order chi connectivity index (χ1) is 11.9. The molecule has 0 spiro atoms. The molecule has 1 amide bonds. The van der Waals surface area contributed by atoms with E-state index in [9.17, 15) is 4.79 Å². The molecule has 2 aromatic rings. The molecular weight excluding hydrogens is 354 g/mol. The SMILES string of the molecule is CC(C)C(CNC(=O)c1cccnc1Sc1ccc(Cl)cc1)N(C)C. The van der Waals surface area contributed by atoms with Crippen molar-refractivity contribution in [1.29, 1.82) is 0 Å². The summed E-state index contributed by atoms with van der Waals surface area (Å²) >= 11 is 7.38. The Balaban J connectivity index is 2.11. The molecule has 1 aromatic heterocycles. The third-order valence-electron chi connectivity index (χ3n) is 3.95. The summed E-state index contributed by atoms with van der Waals surface area (Å²) in [5.74, 6) is 0.351. The van der Waals surface area contributed by atoms with Crippen LogP contribution in [0.5, 0.6) is 0 Å². The standard InChI is InChI=1S/C19H24ClN3OS/c1-13(2)17(23(3)4)12-22-18(24)16-6-5-11-21-19(16)25-15-9-7-14(20)8-10-15/h5-11,13,17H,12H2,1-4H3,(H,22,24). The van der Waals surface area contributed by atoms with Crippen LogP contribution in [-0.4, -0.2) is 42.5 Å². The fourth-order valence-corrected chi connectivity index (χ4v) is 3.57. The molecule has 25 heavy (non-hydrogen) atoms. The molecule has 0 aliphatic heterocycles. The number of nitrogens with one attached hydrogen (secondary N) is 1. The summed E-state index contributed by atoms with van der Waals surface area (Å²) in [6, 6.07) is 11.4. The average Bonchev–Trinajstić information content (AvgIpc) is 2.57. The molecule has 0 fully saturated rings. The highest BCUT2D eigenvalue weighted by atomic mass is 35.5. The molecule has 0 radical (unpaired) electrons. The highest BCUT2D eigenvalue weighted by Gasteiger charge is 2.19. The van der Waals surface area contributed by atoms with E-state index in [1.807, 2.05) is 38.4 Å². The molecule has 1 unspecified atom stereocenters. The zero-order chi connectivity index (χ0) is 18.4. The van der Waals surface area contributed by atoms with Crippen molar-refractivity contribution in [3.8, 4) is 0 Å². The van der Waals surface area contributed by atoms with Crippen molar-refractivity contribution in [3.05, 3.63) is 53.2 Å². The van der Waals surface area contributed by atoms with Crippen LogP contribution in [0.4, 0.5) is 0 Å². The maximum Gasteiger partial charge on any atom is 0.254 e. The minimum Gasteiger partial charge on any atom is -0.350 e. The summed E-state index contributed by atoms with van der Waals surface area (Å²) in [6.45, 7) is 4.91. The summed E-state index contributed by atoms with van der Waals surface area (Å²) in [4.78, 5) is 20.2. The minimum atomic E-state index is -0.0999. The number of hydrogen-bond acceptors (Lipinski definition) is 4. The number of hydrogen-bond donors (Lipinski definition) is 1. The molecule has 0 aliphatic carbocycles. The molecule has 0 saturated heterocycles. The van der Waals surface area contributed by atoms with Gasteiger partial charge in [-0.2, -0.15) is 0 Å². The molecule has 0 saturated carbocycles. The summed E-state index contributed by atoms with van der Waals surface area (Å²) in [5, 5.41) is 4.42. The lowest BCUT2D eigenvalue weighted by molar-refractivity contribution is 0.0931. The Morgan fingerprint density at radius 1 is 1.24 bits per heavy atom. The molecule has 134 valence electrons. The van der Waals surface area contributed by atoms with Gasteiger partial charge < -0.3 is 10.2 Å². The number of benzene rings is 1. The van der Waals surface area contributed by atoms with Crippen molar-refractivity contribution in [3.63, 3.8) is 0 Å². The van der Waals surface area contributed by atoms with Crippen LogP contribution in [0.3, 0.4) is 0 Å². The summed E-state index contributed by atoms with van der Waals surface area (Å²) < 4.78 is 0. The van der Waals surface area contributed by atoms with Crippen LogP contribution in [0.1, 0.15) is 24.2 Å². The number of amides is 1. The number of aromatic nitrogens is 1. The summed E-state index contributed by atoms with van der Waals surface area (Å²) in [7, 11) is 4.06. The van der Waals surface area contributed by atoms with E-state index < -0.39 is 0 Å². The van der Waals surface area contributed by atoms with Gasteiger partial charge in [-0.25, -0.2) is 4.98 Å². The highest BCUT2D eigenvalue weighted by Crippen LogP contribution is 2.29. The average molecular weight is 378 g/mol. The van der Waals surface area contributed by atoms with Gasteiger partial charge in [0.2, 0.25) is 0 Å². The van der Waals surface area contributed by atoms with Crippen LogP contribution in [0.25, 0.3) is 0 Å². The molecule has 1 atom stereocenters. The smallest absolute Gasteiger partial charge is 0.254 e. The maximum absolute atomic E-state index is 12.7. The lowest BCUT2D eigenvalue weighted by Crippen LogP contribution is -2.43. The topological polar surface area (TPSA) is 45.2 Å². The first-order valence-corrected chi connectivity index (χ1v) is 9.41. The molecule has 1 N–H and O–H groups in total. The quantitative estimate of drug-likeness (QED) is 0.785. The fraction of sp³-hybridized carbons (Fsp3) is 0.368. The number of rotatable bonds is 7. The van der Waals surface area contributed by atoms with Gasteiger partial charge in [0.1, 0.15) is 5.03 Å². The van der Waals surface area contributed by atoms with Gasteiger partial charge in [0.15, 0.2) is 0 Å². The van der Waals surface area contributed by atoms with E-state index >= 15 is 0 Å². The van der Waals surface area contributed by atoms with Crippen molar-refractivity contribution in [2.75, 3.05) is 20.6 Å². The number of pyridine rings is 1. The van der Waals surface area contributed by atoms with Gasteiger partial charge in [-0.05, 0) is 56.4 Å². The Labute approximate surface area is 159 Å². The molecule has 1 aromatic carbocycles. The third kappa shape index (κ3) is 5.73. The van der Waals surface area contributed by atoms with E-state index in [0.717, 1.165) is 4.90 Å². The number of carbonyl (C=O) groups is 1. The largest absolute Gasteiger partial charge is 0.350 e. The maximum atomic E-state index is 12.7. The minimum absolute atomic E-state index is 0.0999. The predicted octanol–water partition coefficient (Wildman–Crippen LogP) is 4.20. The van der Waals surface area contributed by atoms with E-state index in [0.29, 0.717) is 28.1 Å². The van der Waals surface area contributed by atoms with Crippen molar-refractivity contribution >= 4 is 29.3 Å². The lowest BCUT2D eigenvalue weighted by Gasteiger charge is -2.28. The Kier molecular flexibility index (Phi) is 7.29. The van der Waals surface area contributed by atoms with Gasteiger partial charge in [-0.3, -0.25) is 4.79 Å².